The van der Waals surface area contributed by atoms with Gasteiger partial charge in [-0.25, -0.2) is 12.8 Å². The van der Waals surface area contributed by atoms with Gasteiger partial charge in [-0.2, -0.15) is 0 Å². The van der Waals surface area contributed by atoms with Crippen LogP contribution < -0.4 is 4.90 Å². The van der Waals surface area contributed by atoms with Crippen LogP contribution in [0.3, 0.4) is 0 Å². The zero-order chi connectivity index (χ0) is 10.3. The summed E-state index contributed by atoms with van der Waals surface area (Å²) in [5.74, 6) is -0.423. The summed E-state index contributed by atoms with van der Waals surface area (Å²) in [6, 6.07) is 4.14. The second kappa shape index (κ2) is 2.95. The highest BCUT2D eigenvalue weighted by Crippen LogP contribution is 2.31. The summed E-state index contributed by atoms with van der Waals surface area (Å²) in [6.07, 6.45) is 0. The van der Waals surface area contributed by atoms with Gasteiger partial charge in [0.25, 0.3) is 0 Å². The van der Waals surface area contributed by atoms with E-state index in [1.807, 2.05) is 0 Å². The van der Waals surface area contributed by atoms with Crippen molar-refractivity contribution in [3.63, 3.8) is 0 Å². The Morgan fingerprint density at radius 1 is 1.43 bits per heavy atom. The van der Waals surface area contributed by atoms with Gasteiger partial charge in [-0.1, -0.05) is 6.07 Å². The summed E-state index contributed by atoms with van der Waals surface area (Å²) in [7, 11) is -1.59. The molecule has 14 heavy (non-hydrogen) atoms. The summed E-state index contributed by atoms with van der Waals surface area (Å²) in [5.41, 5.74) is 0.193. The Morgan fingerprint density at radius 3 is 2.79 bits per heavy atom. The van der Waals surface area contributed by atoms with Crippen molar-refractivity contribution in [2.45, 2.75) is 4.90 Å². The molecule has 0 aliphatic carbocycles. The van der Waals surface area contributed by atoms with Crippen LogP contribution in [0, 0.1) is 5.82 Å². The normalized spacial score (nSPS) is 19.1. The molecule has 0 bridgehead atoms. The van der Waals surface area contributed by atoms with E-state index in [4.69, 9.17) is 0 Å². The quantitative estimate of drug-likeness (QED) is 0.649. The number of anilines is 1. The van der Waals surface area contributed by atoms with E-state index < -0.39 is 15.7 Å². The van der Waals surface area contributed by atoms with Crippen molar-refractivity contribution in [3.05, 3.63) is 24.0 Å². The highest BCUT2D eigenvalue weighted by molar-refractivity contribution is 7.91. The lowest BCUT2D eigenvalue weighted by atomic mass is 10.3. The smallest absolute Gasteiger partial charge is 0.182 e. The molecule has 1 aliphatic rings. The van der Waals surface area contributed by atoms with Crippen LogP contribution in [0.1, 0.15) is 0 Å². The minimum Gasteiger partial charge on any atom is -0.370 e. The highest BCUT2D eigenvalue weighted by atomic mass is 32.2. The predicted molar refractivity (Wildman–Crippen MR) is 51.7 cm³/mol. The number of hydrogen-bond donors (Lipinski definition) is 0. The molecular weight excluding hydrogens is 205 g/mol. The van der Waals surface area contributed by atoms with Gasteiger partial charge >= 0.3 is 0 Å². The number of para-hydroxylation sites is 1. The molecule has 0 saturated heterocycles. The van der Waals surface area contributed by atoms with E-state index in [1.165, 1.54) is 18.2 Å². The van der Waals surface area contributed by atoms with Crippen LogP contribution in [-0.4, -0.2) is 27.8 Å². The molecule has 3 nitrogen and oxygen atoms in total. The first-order valence-electron chi connectivity index (χ1n) is 4.25. The zero-order valence-corrected chi connectivity index (χ0v) is 8.51. The van der Waals surface area contributed by atoms with Gasteiger partial charge in [0.1, 0.15) is 5.82 Å². The highest BCUT2D eigenvalue weighted by Gasteiger charge is 2.28. The fraction of sp³-hybridized carbons (Fsp3) is 0.333. The Kier molecular flexibility index (Phi) is 1.99. The van der Waals surface area contributed by atoms with Crippen molar-refractivity contribution >= 4 is 15.5 Å². The average molecular weight is 215 g/mol. The van der Waals surface area contributed by atoms with Crippen molar-refractivity contribution in [3.8, 4) is 0 Å². The van der Waals surface area contributed by atoms with Crippen LogP contribution in [0.15, 0.2) is 23.1 Å². The fourth-order valence-corrected chi connectivity index (χ4v) is 3.16. The number of sulfone groups is 1. The van der Waals surface area contributed by atoms with Gasteiger partial charge in [-0.15, -0.1) is 0 Å². The van der Waals surface area contributed by atoms with Gasteiger partial charge in [-0.3, -0.25) is 0 Å². The standard InChI is InChI=1S/C9H10FNO2S/c1-11-5-6-14(12,13)8-4-2-3-7(10)9(8)11/h2-4H,5-6H2,1H3. The largest absolute Gasteiger partial charge is 0.370 e. The maximum Gasteiger partial charge on any atom is 0.182 e. The second-order valence-electron chi connectivity index (χ2n) is 3.33. The Labute approximate surface area is 82.1 Å². The Morgan fingerprint density at radius 2 is 2.14 bits per heavy atom. The Bertz CT molecular complexity index is 470. The van der Waals surface area contributed by atoms with Gasteiger partial charge in [0.05, 0.1) is 16.3 Å². The molecule has 5 heteroatoms. The van der Waals surface area contributed by atoms with E-state index in [2.05, 4.69) is 0 Å². The van der Waals surface area contributed by atoms with E-state index in [-0.39, 0.29) is 16.3 Å². The number of halogens is 1. The maximum absolute atomic E-state index is 13.4. The Balaban J connectivity index is 2.75. The molecule has 1 heterocycles. The van der Waals surface area contributed by atoms with E-state index in [1.54, 1.807) is 11.9 Å². The molecule has 0 radical (unpaired) electrons. The minimum absolute atomic E-state index is 0.0555. The first-order valence-corrected chi connectivity index (χ1v) is 5.90. The molecule has 0 amide bonds. The average Bonchev–Trinajstić information content (AvgIpc) is 2.12. The number of benzene rings is 1. The SMILES string of the molecule is CN1CCS(=O)(=O)c2cccc(F)c21. The van der Waals surface area contributed by atoms with Gasteiger partial charge < -0.3 is 4.90 Å². The topological polar surface area (TPSA) is 37.4 Å². The maximum atomic E-state index is 13.4. The molecule has 0 atom stereocenters. The van der Waals surface area contributed by atoms with Crippen molar-refractivity contribution in [1.29, 1.82) is 0 Å². The van der Waals surface area contributed by atoms with Crippen molar-refractivity contribution in [2.24, 2.45) is 0 Å². The molecule has 2 rings (SSSR count). The molecule has 0 spiro atoms. The van der Waals surface area contributed by atoms with Crippen LogP contribution >= 0.6 is 0 Å². The second-order valence-corrected chi connectivity index (χ2v) is 5.40. The molecule has 1 aromatic rings. The molecule has 0 saturated carbocycles. The Hall–Kier alpha value is -1.10. The molecule has 1 aliphatic heterocycles. The summed E-state index contributed by atoms with van der Waals surface area (Å²) < 4.78 is 36.5. The lowest BCUT2D eigenvalue weighted by Crippen LogP contribution is -2.32. The summed E-state index contributed by atoms with van der Waals surface area (Å²) in [6.45, 7) is 0.344. The van der Waals surface area contributed by atoms with Crippen molar-refractivity contribution < 1.29 is 12.8 Å². The van der Waals surface area contributed by atoms with Crippen molar-refractivity contribution in [1.82, 2.24) is 0 Å². The summed E-state index contributed by atoms with van der Waals surface area (Å²) >= 11 is 0. The molecular formula is C9H10FNO2S. The predicted octanol–water partition coefficient (Wildman–Crippen LogP) is 1.05. The number of fused-ring (bicyclic) bond motifs is 1. The summed E-state index contributed by atoms with van der Waals surface area (Å²) in [4.78, 5) is 1.73. The van der Waals surface area contributed by atoms with Gasteiger partial charge in [0.15, 0.2) is 9.84 Å². The molecule has 76 valence electrons. The lowest BCUT2D eigenvalue weighted by Gasteiger charge is -2.27. The van der Waals surface area contributed by atoms with E-state index >= 15 is 0 Å². The number of nitrogens with zero attached hydrogens (tertiary/aromatic N) is 1. The van der Waals surface area contributed by atoms with Crippen LogP contribution in [0.4, 0.5) is 10.1 Å². The first-order chi connectivity index (χ1) is 6.52. The lowest BCUT2D eigenvalue weighted by molar-refractivity contribution is 0.581. The zero-order valence-electron chi connectivity index (χ0n) is 7.70. The third-order valence-corrected chi connectivity index (χ3v) is 4.08. The van der Waals surface area contributed by atoms with E-state index in [9.17, 15) is 12.8 Å². The number of hydrogen-bond acceptors (Lipinski definition) is 3. The minimum atomic E-state index is -3.28. The van der Waals surface area contributed by atoms with Crippen LogP contribution in [0.2, 0.25) is 0 Å². The van der Waals surface area contributed by atoms with Gasteiger partial charge in [-0.05, 0) is 12.1 Å². The third-order valence-electron chi connectivity index (χ3n) is 2.36. The molecule has 0 N–H and O–H groups in total. The fourth-order valence-electron chi connectivity index (χ4n) is 1.60. The van der Waals surface area contributed by atoms with Crippen LogP contribution in [0.5, 0.6) is 0 Å². The number of rotatable bonds is 0. The third kappa shape index (κ3) is 1.28. The van der Waals surface area contributed by atoms with E-state index in [0.717, 1.165) is 0 Å². The van der Waals surface area contributed by atoms with Crippen LogP contribution in [0.25, 0.3) is 0 Å². The molecule has 0 fully saturated rings. The molecule has 0 unspecified atom stereocenters. The monoisotopic (exact) mass is 215 g/mol. The van der Waals surface area contributed by atoms with E-state index in [0.29, 0.717) is 6.54 Å². The molecule has 0 aromatic heterocycles. The first kappa shape index (κ1) is 9.45. The van der Waals surface area contributed by atoms with Crippen molar-refractivity contribution in [2.75, 3.05) is 24.2 Å². The van der Waals surface area contributed by atoms with Gasteiger partial charge in [0, 0.05) is 13.6 Å². The molecule has 1 aromatic carbocycles. The summed E-state index contributed by atoms with van der Waals surface area (Å²) in [5, 5.41) is 0. The van der Waals surface area contributed by atoms with Crippen LogP contribution in [-0.2, 0) is 9.84 Å². The van der Waals surface area contributed by atoms with Gasteiger partial charge in [0.2, 0.25) is 0 Å².